The van der Waals surface area contributed by atoms with E-state index in [4.69, 9.17) is 0 Å². The lowest BCUT2D eigenvalue weighted by atomic mass is 9.84. The molecule has 0 amide bonds. The Bertz CT molecular complexity index is 784. The van der Waals surface area contributed by atoms with Crippen LogP contribution in [0.15, 0.2) is 78.9 Å². The molecule has 3 aromatic rings. The van der Waals surface area contributed by atoms with E-state index in [1.807, 2.05) is 60.7 Å². The molecule has 3 rings (SSSR count). The second-order valence-electron chi connectivity index (χ2n) is 6.00. The quantitative estimate of drug-likeness (QED) is 0.596. The molecule has 0 fully saturated rings. The minimum atomic E-state index is -0.266. The van der Waals surface area contributed by atoms with E-state index in [0.29, 0.717) is 0 Å². The first-order valence-electron chi connectivity index (χ1n) is 7.87. The van der Waals surface area contributed by atoms with Crippen LogP contribution in [0.1, 0.15) is 38.5 Å². The lowest BCUT2D eigenvalue weighted by molar-refractivity contribution is 0.0974. The molecule has 1 unspecified atom stereocenters. The molecule has 0 heterocycles. The standard InChI is InChI=1S/C22H20O/c1-16-13-17(2)15-20(14-16)21(18-9-5-3-6-10-18)22(23)19-11-7-4-8-12-19/h3-15,21H,1-2H3. The van der Waals surface area contributed by atoms with Crippen molar-refractivity contribution in [3.05, 3.63) is 107 Å². The summed E-state index contributed by atoms with van der Waals surface area (Å²) in [6, 6.07) is 25.9. The van der Waals surface area contributed by atoms with Crippen molar-refractivity contribution in [2.45, 2.75) is 19.8 Å². The van der Waals surface area contributed by atoms with Gasteiger partial charge in [-0.2, -0.15) is 0 Å². The Labute approximate surface area is 137 Å². The van der Waals surface area contributed by atoms with Gasteiger partial charge in [-0.1, -0.05) is 90.0 Å². The first kappa shape index (κ1) is 15.2. The molecule has 0 N–H and O–H groups in total. The number of rotatable bonds is 4. The highest BCUT2D eigenvalue weighted by molar-refractivity contribution is 6.03. The molecule has 0 bridgehead atoms. The molecule has 0 aromatic heterocycles. The third-order valence-corrected chi connectivity index (χ3v) is 4.03. The molecule has 23 heavy (non-hydrogen) atoms. The number of benzene rings is 3. The van der Waals surface area contributed by atoms with Crippen LogP contribution in [0.2, 0.25) is 0 Å². The number of aryl methyl sites for hydroxylation is 2. The number of Topliss-reactive ketones (excluding diaryl/α,β-unsaturated/α-hetero) is 1. The molecule has 1 nitrogen and oxygen atoms in total. The summed E-state index contributed by atoms with van der Waals surface area (Å²) in [5, 5.41) is 0. The van der Waals surface area contributed by atoms with E-state index in [1.165, 1.54) is 11.1 Å². The fraction of sp³-hybridized carbons (Fsp3) is 0.136. The van der Waals surface area contributed by atoms with Crippen LogP contribution < -0.4 is 0 Å². The minimum absolute atomic E-state index is 0.141. The topological polar surface area (TPSA) is 17.1 Å². The van der Waals surface area contributed by atoms with Gasteiger partial charge in [-0.3, -0.25) is 4.79 Å². The second kappa shape index (κ2) is 6.62. The van der Waals surface area contributed by atoms with Gasteiger partial charge in [-0.05, 0) is 25.0 Å². The number of ketones is 1. The van der Waals surface area contributed by atoms with Gasteiger partial charge < -0.3 is 0 Å². The molecule has 0 spiro atoms. The Hall–Kier alpha value is -2.67. The lowest BCUT2D eigenvalue weighted by Gasteiger charge is -2.18. The average molecular weight is 300 g/mol. The van der Waals surface area contributed by atoms with Gasteiger partial charge in [0.2, 0.25) is 0 Å². The molecule has 0 aliphatic heterocycles. The summed E-state index contributed by atoms with van der Waals surface area (Å²) in [7, 11) is 0. The number of hydrogen-bond acceptors (Lipinski definition) is 1. The van der Waals surface area contributed by atoms with Crippen molar-refractivity contribution in [1.82, 2.24) is 0 Å². The summed E-state index contributed by atoms with van der Waals surface area (Å²) in [6.07, 6.45) is 0. The van der Waals surface area contributed by atoms with Gasteiger partial charge >= 0.3 is 0 Å². The zero-order valence-electron chi connectivity index (χ0n) is 13.5. The zero-order valence-corrected chi connectivity index (χ0v) is 13.5. The largest absolute Gasteiger partial charge is 0.293 e. The van der Waals surface area contributed by atoms with Crippen molar-refractivity contribution in [1.29, 1.82) is 0 Å². The number of carbonyl (C=O) groups is 1. The predicted octanol–water partition coefficient (Wildman–Crippen LogP) is 5.32. The van der Waals surface area contributed by atoms with E-state index in [2.05, 4.69) is 32.0 Å². The fourth-order valence-electron chi connectivity index (χ4n) is 3.09. The van der Waals surface area contributed by atoms with Crippen LogP contribution in [0.4, 0.5) is 0 Å². The number of hydrogen-bond donors (Lipinski definition) is 0. The van der Waals surface area contributed by atoms with Crippen molar-refractivity contribution >= 4 is 5.78 Å². The second-order valence-corrected chi connectivity index (χ2v) is 6.00. The summed E-state index contributed by atoms with van der Waals surface area (Å²) in [6.45, 7) is 4.15. The molecule has 0 aliphatic rings. The van der Waals surface area contributed by atoms with Crippen LogP contribution in [0.25, 0.3) is 0 Å². The summed E-state index contributed by atoms with van der Waals surface area (Å²) in [5.74, 6) is -0.126. The van der Waals surface area contributed by atoms with Crippen LogP contribution >= 0.6 is 0 Å². The molecule has 1 atom stereocenters. The van der Waals surface area contributed by atoms with Crippen molar-refractivity contribution in [3.8, 4) is 0 Å². The Balaban J connectivity index is 2.13. The molecule has 3 aromatic carbocycles. The minimum Gasteiger partial charge on any atom is -0.293 e. The Kier molecular flexibility index (Phi) is 4.38. The third kappa shape index (κ3) is 3.40. The van der Waals surface area contributed by atoms with E-state index in [0.717, 1.165) is 16.7 Å². The van der Waals surface area contributed by atoms with Gasteiger partial charge in [-0.25, -0.2) is 0 Å². The van der Waals surface area contributed by atoms with Crippen LogP contribution in [0.3, 0.4) is 0 Å². The number of carbonyl (C=O) groups excluding carboxylic acids is 1. The molecular formula is C22H20O. The predicted molar refractivity (Wildman–Crippen MR) is 95.0 cm³/mol. The van der Waals surface area contributed by atoms with Crippen LogP contribution in [-0.2, 0) is 0 Å². The molecule has 0 radical (unpaired) electrons. The molecular weight excluding hydrogens is 280 g/mol. The first-order chi connectivity index (χ1) is 11.1. The van der Waals surface area contributed by atoms with E-state index in [9.17, 15) is 4.79 Å². The Morgan fingerprint density at radius 2 is 1.22 bits per heavy atom. The van der Waals surface area contributed by atoms with Crippen molar-refractivity contribution < 1.29 is 4.79 Å². The summed E-state index contributed by atoms with van der Waals surface area (Å²) < 4.78 is 0. The van der Waals surface area contributed by atoms with Gasteiger partial charge in [-0.15, -0.1) is 0 Å². The smallest absolute Gasteiger partial charge is 0.174 e. The highest BCUT2D eigenvalue weighted by Gasteiger charge is 2.24. The van der Waals surface area contributed by atoms with E-state index in [-0.39, 0.29) is 11.7 Å². The maximum Gasteiger partial charge on any atom is 0.174 e. The summed E-state index contributed by atoms with van der Waals surface area (Å²) in [4.78, 5) is 13.2. The van der Waals surface area contributed by atoms with Crippen molar-refractivity contribution in [2.24, 2.45) is 0 Å². The van der Waals surface area contributed by atoms with Crippen molar-refractivity contribution in [3.63, 3.8) is 0 Å². The van der Waals surface area contributed by atoms with Crippen LogP contribution in [-0.4, -0.2) is 5.78 Å². The monoisotopic (exact) mass is 300 g/mol. The highest BCUT2D eigenvalue weighted by atomic mass is 16.1. The summed E-state index contributed by atoms with van der Waals surface area (Å²) >= 11 is 0. The van der Waals surface area contributed by atoms with E-state index in [1.54, 1.807) is 0 Å². The van der Waals surface area contributed by atoms with E-state index >= 15 is 0 Å². The SMILES string of the molecule is Cc1cc(C)cc(C(C(=O)c2ccccc2)c2ccccc2)c1. The van der Waals surface area contributed by atoms with Gasteiger partial charge in [0.15, 0.2) is 5.78 Å². The normalized spacial score (nSPS) is 11.9. The third-order valence-electron chi connectivity index (χ3n) is 4.03. The highest BCUT2D eigenvalue weighted by Crippen LogP contribution is 2.30. The summed E-state index contributed by atoms with van der Waals surface area (Å²) in [5.41, 5.74) is 5.21. The average Bonchev–Trinajstić information content (AvgIpc) is 2.56. The maximum absolute atomic E-state index is 13.2. The first-order valence-corrected chi connectivity index (χ1v) is 7.87. The van der Waals surface area contributed by atoms with Crippen molar-refractivity contribution in [2.75, 3.05) is 0 Å². The molecule has 1 heteroatoms. The Morgan fingerprint density at radius 3 is 1.78 bits per heavy atom. The molecule has 0 aliphatic carbocycles. The van der Waals surface area contributed by atoms with Crippen LogP contribution in [0.5, 0.6) is 0 Å². The molecule has 0 saturated heterocycles. The molecule has 0 saturated carbocycles. The lowest BCUT2D eigenvalue weighted by Crippen LogP contribution is -2.15. The fourth-order valence-corrected chi connectivity index (χ4v) is 3.09. The Morgan fingerprint density at radius 1 is 0.696 bits per heavy atom. The maximum atomic E-state index is 13.2. The van der Waals surface area contributed by atoms with Gasteiger partial charge in [0.1, 0.15) is 0 Å². The molecule has 114 valence electrons. The van der Waals surface area contributed by atoms with Gasteiger partial charge in [0, 0.05) is 5.56 Å². The van der Waals surface area contributed by atoms with Crippen LogP contribution in [0, 0.1) is 13.8 Å². The zero-order chi connectivity index (χ0) is 16.2. The van der Waals surface area contributed by atoms with Gasteiger partial charge in [0.25, 0.3) is 0 Å². The van der Waals surface area contributed by atoms with E-state index < -0.39 is 0 Å². The van der Waals surface area contributed by atoms with Gasteiger partial charge in [0.05, 0.1) is 5.92 Å².